The number of nitrogens with one attached hydrogen (secondary N) is 1. The lowest BCUT2D eigenvalue weighted by Gasteiger charge is -2.38. The molecule has 2 unspecified atom stereocenters. The SMILES string of the molecule is CCCc1nc(NC)cc(N2CCSC(C)C2C)n1. The molecule has 2 heterocycles. The molecule has 0 aliphatic carbocycles. The second kappa shape index (κ2) is 6.46. The summed E-state index contributed by atoms with van der Waals surface area (Å²) in [6, 6.07) is 2.59. The molecule has 2 rings (SSSR count). The molecule has 4 nitrogen and oxygen atoms in total. The molecular weight excluding hydrogens is 256 g/mol. The summed E-state index contributed by atoms with van der Waals surface area (Å²) < 4.78 is 0. The Hall–Kier alpha value is -0.970. The van der Waals surface area contributed by atoms with Gasteiger partial charge in [-0.2, -0.15) is 11.8 Å². The van der Waals surface area contributed by atoms with Crippen molar-refractivity contribution in [3.05, 3.63) is 11.9 Å². The molecule has 1 aromatic rings. The van der Waals surface area contributed by atoms with Crippen molar-refractivity contribution in [1.82, 2.24) is 9.97 Å². The summed E-state index contributed by atoms with van der Waals surface area (Å²) in [5.74, 6) is 4.12. The number of aromatic nitrogens is 2. The van der Waals surface area contributed by atoms with Crippen molar-refractivity contribution in [2.45, 2.75) is 44.9 Å². The first-order valence-corrected chi connectivity index (χ1v) is 8.14. The average Bonchev–Trinajstić information content (AvgIpc) is 2.42. The van der Waals surface area contributed by atoms with E-state index in [2.05, 4.69) is 42.0 Å². The Morgan fingerprint density at radius 1 is 1.42 bits per heavy atom. The van der Waals surface area contributed by atoms with Crippen molar-refractivity contribution in [2.24, 2.45) is 0 Å². The first kappa shape index (κ1) is 14.4. The fraction of sp³-hybridized carbons (Fsp3) is 0.714. The summed E-state index contributed by atoms with van der Waals surface area (Å²) in [4.78, 5) is 11.7. The highest BCUT2D eigenvalue weighted by Gasteiger charge is 2.26. The molecule has 2 atom stereocenters. The topological polar surface area (TPSA) is 41.1 Å². The van der Waals surface area contributed by atoms with Crippen molar-refractivity contribution in [3.8, 4) is 0 Å². The first-order chi connectivity index (χ1) is 9.15. The molecule has 0 bridgehead atoms. The Balaban J connectivity index is 2.29. The summed E-state index contributed by atoms with van der Waals surface area (Å²) in [5.41, 5.74) is 0. The maximum Gasteiger partial charge on any atom is 0.134 e. The molecule has 1 aliphatic rings. The van der Waals surface area contributed by atoms with Crippen molar-refractivity contribution in [1.29, 1.82) is 0 Å². The van der Waals surface area contributed by atoms with E-state index in [1.165, 1.54) is 5.75 Å². The summed E-state index contributed by atoms with van der Waals surface area (Å²) >= 11 is 2.05. The monoisotopic (exact) mass is 280 g/mol. The van der Waals surface area contributed by atoms with Crippen LogP contribution in [0.2, 0.25) is 0 Å². The molecule has 106 valence electrons. The number of hydrogen-bond acceptors (Lipinski definition) is 5. The fourth-order valence-electron chi connectivity index (χ4n) is 2.35. The molecule has 0 spiro atoms. The van der Waals surface area contributed by atoms with Gasteiger partial charge in [0.15, 0.2) is 0 Å². The zero-order chi connectivity index (χ0) is 13.8. The lowest BCUT2D eigenvalue weighted by molar-refractivity contribution is 0.617. The Morgan fingerprint density at radius 3 is 2.89 bits per heavy atom. The van der Waals surface area contributed by atoms with Gasteiger partial charge in [-0.1, -0.05) is 13.8 Å². The summed E-state index contributed by atoms with van der Waals surface area (Å²) in [6.07, 6.45) is 2.02. The predicted molar refractivity (Wildman–Crippen MR) is 84.3 cm³/mol. The number of aryl methyl sites for hydroxylation is 1. The lowest BCUT2D eigenvalue weighted by Crippen LogP contribution is -2.45. The highest BCUT2D eigenvalue weighted by molar-refractivity contribution is 8.00. The molecule has 5 heteroatoms. The summed E-state index contributed by atoms with van der Waals surface area (Å²) in [6.45, 7) is 7.82. The van der Waals surface area contributed by atoms with Gasteiger partial charge in [0.25, 0.3) is 0 Å². The van der Waals surface area contributed by atoms with Crippen molar-refractivity contribution in [2.75, 3.05) is 29.6 Å². The van der Waals surface area contributed by atoms with Crippen LogP contribution in [0.4, 0.5) is 11.6 Å². The molecule has 1 fully saturated rings. The van der Waals surface area contributed by atoms with Crippen LogP contribution >= 0.6 is 11.8 Å². The van der Waals surface area contributed by atoms with Gasteiger partial charge in [0.2, 0.25) is 0 Å². The average molecular weight is 280 g/mol. The standard InChI is InChI=1S/C14H24N4S/c1-5-6-12-16-13(15-4)9-14(17-12)18-7-8-19-11(3)10(18)2/h9-11H,5-8H2,1-4H3,(H,15,16,17). The third-order valence-corrected chi connectivity index (χ3v) is 5.00. The Morgan fingerprint density at radius 2 is 2.21 bits per heavy atom. The van der Waals surface area contributed by atoms with Gasteiger partial charge in [-0.25, -0.2) is 9.97 Å². The van der Waals surface area contributed by atoms with E-state index in [-0.39, 0.29) is 0 Å². The van der Waals surface area contributed by atoms with Crippen LogP contribution in [0, 0.1) is 0 Å². The van der Waals surface area contributed by atoms with Crippen LogP contribution in [0.25, 0.3) is 0 Å². The Kier molecular flexibility index (Phi) is 4.91. The van der Waals surface area contributed by atoms with E-state index < -0.39 is 0 Å². The number of hydrogen-bond donors (Lipinski definition) is 1. The Bertz CT molecular complexity index is 424. The van der Waals surface area contributed by atoms with Gasteiger partial charge in [-0.05, 0) is 13.3 Å². The second-order valence-electron chi connectivity index (χ2n) is 5.04. The molecule has 1 saturated heterocycles. The molecule has 0 radical (unpaired) electrons. The minimum absolute atomic E-state index is 0.521. The van der Waals surface area contributed by atoms with Crippen molar-refractivity contribution in [3.63, 3.8) is 0 Å². The van der Waals surface area contributed by atoms with Crippen molar-refractivity contribution < 1.29 is 0 Å². The zero-order valence-corrected chi connectivity index (χ0v) is 13.1. The highest BCUT2D eigenvalue weighted by Crippen LogP contribution is 2.29. The van der Waals surface area contributed by atoms with E-state index in [1.807, 2.05) is 18.8 Å². The van der Waals surface area contributed by atoms with Gasteiger partial charge >= 0.3 is 0 Å². The third-order valence-electron chi connectivity index (χ3n) is 3.67. The van der Waals surface area contributed by atoms with Crippen LogP contribution in [-0.2, 0) is 6.42 Å². The van der Waals surface area contributed by atoms with Crippen LogP contribution in [0.5, 0.6) is 0 Å². The van der Waals surface area contributed by atoms with Gasteiger partial charge in [-0.3, -0.25) is 0 Å². The van der Waals surface area contributed by atoms with Gasteiger partial charge in [0.05, 0.1) is 0 Å². The lowest BCUT2D eigenvalue weighted by atomic mass is 10.2. The van der Waals surface area contributed by atoms with Crippen LogP contribution in [0.1, 0.15) is 33.0 Å². The van der Waals surface area contributed by atoms with Crippen molar-refractivity contribution >= 4 is 23.4 Å². The number of nitrogens with zero attached hydrogens (tertiary/aromatic N) is 3. The van der Waals surface area contributed by atoms with E-state index in [0.29, 0.717) is 11.3 Å². The second-order valence-corrected chi connectivity index (χ2v) is 6.52. The van der Waals surface area contributed by atoms with Gasteiger partial charge in [0.1, 0.15) is 17.5 Å². The summed E-state index contributed by atoms with van der Waals surface area (Å²) in [7, 11) is 1.92. The Labute approximate surface area is 120 Å². The molecule has 0 aromatic carbocycles. The van der Waals surface area contributed by atoms with Crippen LogP contribution in [0.15, 0.2) is 6.07 Å². The van der Waals surface area contributed by atoms with Crippen LogP contribution < -0.4 is 10.2 Å². The highest BCUT2D eigenvalue weighted by atomic mass is 32.2. The molecule has 1 aliphatic heterocycles. The molecule has 1 aromatic heterocycles. The van der Waals surface area contributed by atoms with E-state index >= 15 is 0 Å². The number of rotatable bonds is 4. The van der Waals surface area contributed by atoms with Crippen LogP contribution in [0.3, 0.4) is 0 Å². The number of anilines is 2. The minimum Gasteiger partial charge on any atom is -0.373 e. The first-order valence-electron chi connectivity index (χ1n) is 7.09. The minimum atomic E-state index is 0.521. The smallest absolute Gasteiger partial charge is 0.134 e. The maximum atomic E-state index is 4.75. The molecule has 1 N–H and O–H groups in total. The molecule has 0 amide bonds. The maximum absolute atomic E-state index is 4.75. The van der Waals surface area contributed by atoms with E-state index in [1.54, 1.807) is 0 Å². The molecular formula is C14H24N4S. The predicted octanol–water partition coefficient (Wildman–Crippen LogP) is 2.80. The van der Waals surface area contributed by atoms with Crippen LogP contribution in [-0.4, -0.2) is 40.6 Å². The summed E-state index contributed by atoms with van der Waals surface area (Å²) in [5, 5.41) is 3.80. The normalized spacial score (nSPS) is 23.5. The molecule has 19 heavy (non-hydrogen) atoms. The van der Waals surface area contributed by atoms with Gasteiger partial charge in [0, 0.05) is 43.1 Å². The zero-order valence-electron chi connectivity index (χ0n) is 12.3. The third kappa shape index (κ3) is 3.32. The van der Waals surface area contributed by atoms with E-state index in [0.717, 1.165) is 36.8 Å². The van der Waals surface area contributed by atoms with E-state index in [9.17, 15) is 0 Å². The number of thioether (sulfide) groups is 1. The molecule has 0 saturated carbocycles. The quantitative estimate of drug-likeness (QED) is 0.918. The largest absolute Gasteiger partial charge is 0.373 e. The van der Waals surface area contributed by atoms with E-state index in [4.69, 9.17) is 4.98 Å². The van der Waals surface area contributed by atoms with Gasteiger partial charge < -0.3 is 10.2 Å². The fourth-order valence-corrected chi connectivity index (χ4v) is 3.45. The van der Waals surface area contributed by atoms with Gasteiger partial charge in [-0.15, -0.1) is 0 Å².